The molecule has 0 spiro atoms. The van der Waals surface area contributed by atoms with E-state index in [-0.39, 0.29) is 0 Å². The predicted molar refractivity (Wildman–Crippen MR) is 76.8 cm³/mol. The van der Waals surface area contributed by atoms with Crippen LogP contribution in [0.5, 0.6) is 0 Å². The van der Waals surface area contributed by atoms with E-state index in [0.717, 1.165) is 6.42 Å². The summed E-state index contributed by atoms with van der Waals surface area (Å²) < 4.78 is 0. The molecule has 2 aliphatic heterocycles. The van der Waals surface area contributed by atoms with Crippen LogP contribution in [0.1, 0.15) is 64.7 Å². The summed E-state index contributed by atoms with van der Waals surface area (Å²) in [6, 6.07) is 1.84. The molecule has 0 aromatic carbocycles. The predicted octanol–water partition coefficient (Wildman–Crippen LogP) is 2.60. The van der Waals surface area contributed by atoms with E-state index in [1.165, 1.54) is 51.4 Å². The van der Waals surface area contributed by atoms with E-state index in [4.69, 9.17) is 0 Å². The Morgan fingerprint density at radius 2 is 1.79 bits per heavy atom. The summed E-state index contributed by atoms with van der Waals surface area (Å²) in [7, 11) is 0. The van der Waals surface area contributed by atoms with Crippen LogP contribution < -0.4 is 10.6 Å². The highest BCUT2D eigenvalue weighted by atomic mass is 16.1. The van der Waals surface area contributed by atoms with Crippen LogP contribution in [0.3, 0.4) is 0 Å². The van der Waals surface area contributed by atoms with Crippen LogP contribution in [0.15, 0.2) is 0 Å². The average Bonchev–Trinajstić information content (AvgIpc) is 2.72. The van der Waals surface area contributed by atoms with Gasteiger partial charge in [0.25, 0.3) is 0 Å². The van der Waals surface area contributed by atoms with Crippen molar-refractivity contribution in [2.24, 2.45) is 11.8 Å². The Hall–Kier alpha value is -0.570. The molecule has 0 aromatic rings. The monoisotopic (exact) mass is 264 g/mol. The van der Waals surface area contributed by atoms with Gasteiger partial charge in [-0.1, -0.05) is 19.8 Å². The fraction of sp³-hybridized carbons (Fsp3) is 0.938. The maximum atomic E-state index is 12.2. The number of piperidine rings is 1. The summed E-state index contributed by atoms with van der Waals surface area (Å²) in [5.41, 5.74) is 0. The maximum Gasteiger partial charge on any atom is 0.220 e. The van der Waals surface area contributed by atoms with E-state index in [0.29, 0.717) is 35.9 Å². The van der Waals surface area contributed by atoms with Crippen molar-refractivity contribution in [2.75, 3.05) is 0 Å². The SMILES string of the molecule is CC1CCCCC1NC(=O)CC1CC2CCC(C1)N2. The van der Waals surface area contributed by atoms with Crippen molar-refractivity contribution in [3.8, 4) is 0 Å². The number of hydrogen-bond acceptors (Lipinski definition) is 2. The topological polar surface area (TPSA) is 41.1 Å². The molecule has 2 saturated heterocycles. The largest absolute Gasteiger partial charge is 0.353 e. The molecule has 3 fully saturated rings. The van der Waals surface area contributed by atoms with Gasteiger partial charge in [0.15, 0.2) is 0 Å². The van der Waals surface area contributed by atoms with Gasteiger partial charge in [0, 0.05) is 24.5 Å². The summed E-state index contributed by atoms with van der Waals surface area (Å²) in [6.07, 6.45) is 10.9. The van der Waals surface area contributed by atoms with E-state index in [2.05, 4.69) is 17.6 Å². The first-order chi connectivity index (χ1) is 9.20. The molecule has 3 aliphatic rings. The molecule has 1 aliphatic carbocycles. The smallest absolute Gasteiger partial charge is 0.220 e. The molecule has 1 amide bonds. The fourth-order valence-electron chi connectivity index (χ4n) is 4.40. The van der Waals surface area contributed by atoms with Crippen LogP contribution in [0, 0.1) is 11.8 Å². The second-order valence-corrected chi connectivity index (χ2v) is 7.12. The highest BCUT2D eigenvalue weighted by Crippen LogP contribution is 2.32. The molecule has 19 heavy (non-hydrogen) atoms. The Morgan fingerprint density at radius 1 is 1.11 bits per heavy atom. The average molecular weight is 264 g/mol. The molecular weight excluding hydrogens is 236 g/mol. The van der Waals surface area contributed by atoms with Gasteiger partial charge in [0.05, 0.1) is 0 Å². The van der Waals surface area contributed by atoms with Gasteiger partial charge in [0.2, 0.25) is 5.91 Å². The molecule has 2 bridgehead atoms. The molecule has 3 rings (SSSR count). The third-order valence-electron chi connectivity index (χ3n) is 5.50. The molecule has 4 unspecified atom stereocenters. The van der Waals surface area contributed by atoms with Crippen molar-refractivity contribution >= 4 is 5.91 Å². The van der Waals surface area contributed by atoms with Crippen molar-refractivity contribution in [1.29, 1.82) is 0 Å². The quantitative estimate of drug-likeness (QED) is 0.822. The summed E-state index contributed by atoms with van der Waals surface area (Å²) in [6.45, 7) is 2.29. The van der Waals surface area contributed by atoms with Gasteiger partial charge in [-0.25, -0.2) is 0 Å². The number of carbonyl (C=O) groups excluding carboxylic acids is 1. The molecule has 2 N–H and O–H groups in total. The van der Waals surface area contributed by atoms with Gasteiger partial charge in [-0.15, -0.1) is 0 Å². The lowest BCUT2D eigenvalue weighted by Crippen LogP contribution is -2.43. The lowest BCUT2D eigenvalue weighted by molar-refractivity contribution is -0.123. The zero-order chi connectivity index (χ0) is 13.2. The molecule has 3 nitrogen and oxygen atoms in total. The van der Waals surface area contributed by atoms with Gasteiger partial charge in [-0.3, -0.25) is 4.79 Å². The summed E-state index contributed by atoms with van der Waals surface area (Å²) in [5.74, 6) is 1.60. The first-order valence-electron chi connectivity index (χ1n) is 8.26. The minimum Gasteiger partial charge on any atom is -0.353 e. The Kier molecular flexibility index (Phi) is 4.11. The van der Waals surface area contributed by atoms with Crippen LogP contribution >= 0.6 is 0 Å². The molecule has 3 heteroatoms. The highest BCUT2D eigenvalue weighted by molar-refractivity contribution is 5.76. The maximum absolute atomic E-state index is 12.2. The summed E-state index contributed by atoms with van der Waals surface area (Å²) >= 11 is 0. The Labute approximate surface area is 116 Å². The van der Waals surface area contributed by atoms with Gasteiger partial charge >= 0.3 is 0 Å². The number of nitrogens with one attached hydrogen (secondary N) is 2. The van der Waals surface area contributed by atoms with Crippen LogP contribution in [0.25, 0.3) is 0 Å². The molecule has 0 radical (unpaired) electrons. The van der Waals surface area contributed by atoms with Crippen LogP contribution in [-0.2, 0) is 4.79 Å². The molecule has 108 valence electrons. The van der Waals surface area contributed by atoms with Gasteiger partial charge in [-0.05, 0) is 50.4 Å². The molecule has 4 atom stereocenters. The highest BCUT2D eigenvalue weighted by Gasteiger charge is 2.34. The van der Waals surface area contributed by atoms with Crippen molar-refractivity contribution in [1.82, 2.24) is 10.6 Å². The molecule has 2 heterocycles. The molecular formula is C16H28N2O. The minimum absolute atomic E-state index is 0.310. The second-order valence-electron chi connectivity index (χ2n) is 7.12. The Bertz CT molecular complexity index is 319. The Morgan fingerprint density at radius 3 is 2.47 bits per heavy atom. The third kappa shape index (κ3) is 3.31. The number of fused-ring (bicyclic) bond motifs is 2. The summed E-state index contributed by atoms with van der Waals surface area (Å²) in [4.78, 5) is 12.2. The van der Waals surface area contributed by atoms with E-state index in [1.807, 2.05) is 0 Å². The fourth-order valence-corrected chi connectivity index (χ4v) is 4.40. The van der Waals surface area contributed by atoms with Gasteiger partial charge in [-0.2, -0.15) is 0 Å². The standard InChI is InChI=1S/C16H28N2O/c1-11-4-2-3-5-15(11)18-16(19)10-12-8-13-6-7-14(9-12)17-13/h11-15,17H,2-10H2,1H3,(H,18,19). The third-order valence-corrected chi connectivity index (χ3v) is 5.50. The second kappa shape index (κ2) is 5.82. The number of amides is 1. The van der Waals surface area contributed by atoms with Crippen molar-refractivity contribution in [2.45, 2.75) is 82.8 Å². The van der Waals surface area contributed by atoms with Crippen molar-refractivity contribution < 1.29 is 4.79 Å². The first-order valence-corrected chi connectivity index (χ1v) is 8.26. The van der Waals surface area contributed by atoms with Crippen molar-refractivity contribution in [3.05, 3.63) is 0 Å². The lowest BCUT2D eigenvalue weighted by atomic mass is 9.85. The summed E-state index contributed by atoms with van der Waals surface area (Å²) in [5, 5.41) is 6.96. The van der Waals surface area contributed by atoms with Gasteiger partial charge in [0.1, 0.15) is 0 Å². The number of rotatable bonds is 3. The minimum atomic E-state index is 0.310. The van der Waals surface area contributed by atoms with Crippen LogP contribution in [-0.4, -0.2) is 24.0 Å². The molecule has 0 aromatic heterocycles. The van der Waals surface area contributed by atoms with Crippen LogP contribution in [0.4, 0.5) is 0 Å². The van der Waals surface area contributed by atoms with E-state index in [9.17, 15) is 4.79 Å². The van der Waals surface area contributed by atoms with Crippen LogP contribution in [0.2, 0.25) is 0 Å². The van der Waals surface area contributed by atoms with Gasteiger partial charge < -0.3 is 10.6 Å². The lowest BCUT2D eigenvalue weighted by Gasteiger charge is -2.32. The number of carbonyl (C=O) groups is 1. The van der Waals surface area contributed by atoms with E-state index in [1.54, 1.807) is 0 Å². The first kappa shape index (κ1) is 13.4. The van der Waals surface area contributed by atoms with Crippen molar-refractivity contribution in [3.63, 3.8) is 0 Å². The zero-order valence-electron chi connectivity index (χ0n) is 12.2. The molecule has 1 saturated carbocycles. The Balaban J connectivity index is 1.46. The van der Waals surface area contributed by atoms with E-state index < -0.39 is 0 Å². The number of hydrogen-bond donors (Lipinski definition) is 2. The normalized spacial score (nSPS) is 42.1. The zero-order valence-corrected chi connectivity index (χ0v) is 12.2. The van der Waals surface area contributed by atoms with E-state index >= 15 is 0 Å².